The van der Waals surface area contributed by atoms with Crippen LogP contribution in [-0.4, -0.2) is 15.7 Å². The second kappa shape index (κ2) is 4.17. The summed E-state index contributed by atoms with van der Waals surface area (Å²) in [6.45, 7) is 5.95. The monoisotopic (exact) mass is 219 g/mol. The van der Waals surface area contributed by atoms with E-state index >= 15 is 0 Å². The quantitative estimate of drug-likeness (QED) is 0.848. The largest absolute Gasteiger partial charge is 0.390 e. The zero-order valence-electron chi connectivity index (χ0n) is 10.4. The highest BCUT2D eigenvalue weighted by molar-refractivity contribution is 5.19. The standard InChI is InChI=1S/C14H21NO/c1-10-6-12(7-10)13-5-4-11(9-15-13)8-14(2,3)16/h4-5,9-10,12,16H,6-8H2,1-3H3. The fraction of sp³-hybridized carbons (Fsp3) is 0.643. The van der Waals surface area contributed by atoms with Gasteiger partial charge >= 0.3 is 0 Å². The lowest BCUT2D eigenvalue weighted by atomic mass is 9.74. The SMILES string of the molecule is CC1CC(c2ccc(CC(C)(C)O)cn2)C1. The van der Waals surface area contributed by atoms with Crippen molar-refractivity contribution in [2.75, 3.05) is 0 Å². The van der Waals surface area contributed by atoms with E-state index in [9.17, 15) is 5.11 Å². The molecular weight excluding hydrogens is 198 g/mol. The molecule has 0 amide bonds. The lowest BCUT2D eigenvalue weighted by Gasteiger charge is -2.32. The molecule has 0 atom stereocenters. The van der Waals surface area contributed by atoms with Crippen molar-refractivity contribution in [2.24, 2.45) is 5.92 Å². The highest BCUT2D eigenvalue weighted by Crippen LogP contribution is 2.40. The number of nitrogens with zero attached hydrogens (tertiary/aromatic N) is 1. The molecule has 16 heavy (non-hydrogen) atoms. The molecule has 0 aromatic carbocycles. The van der Waals surface area contributed by atoms with E-state index in [0.717, 1.165) is 11.5 Å². The van der Waals surface area contributed by atoms with Crippen LogP contribution in [0.2, 0.25) is 0 Å². The molecule has 1 aliphatic carbocycles. The van der Waals surface area contributed by atoms with Gasteiger partial charge in [0, 0.05) is 24.2 Å². The van der Waals surface area contributed by atoms with Gasteiger partial charge in [-0.15, -0.1) is 0 Å². The van der Waals surface area contributed by atoms with Crippen molar-refractivity contribution >= 4 is 0 Å². The molecule has 0 bridgehead atoms. The Morgan fingerprint density at radius 3 is 2.50 bits per heavy atom. The molecule has 0 saturated heterocycles. The number of pyridine rings is 1. The summed E-state index contributed by atoms with van der Waals surface area (Å²) in [5.41, 5.74) is 1.69. The van der Waals surface area contributed by atoms with Crippen LogP contribution in [0.25, 0.3) is 0 Å². The maximum atomic E-state index is 9.71. The maximum Gasteiger partial charge on any atom is 0.0632 e. The molecule has 0 spiro atoms. The molecule has 0 aliphatic heterocycles. The number of aromatic nitrogens is 1. The van der Waals surface area contributed by atoms with Crippen LogP contribution >= 0.6 is 0 Å². The van der Waals surface area contributed by atoms with Crippen molar-refractivity contribution in [3.63, 3.8) is 0 Å². The molecule has 1 fully saturated rings. The van der Waals surface area contributed by atoms with Gasteiger partial charge in [-0.3, -0.25) is 4.98 Å². The lowest BCUT2D eigenvalue weighted by molar-refractivity contribution is 0.0809. The molecule has 1 aliphatic rings. The third-order valence-electron chi connectivity index (χ3n) is 3.28. The van der Waals surface area contributed by atoms with Gasteiger partial charge in [0.2, 0.25) is 0 Å². The third-order valence-corrected chi connectivity index (χ3v) is 3.28. The number of rotatable bonds is 3. The number of hydrogen-bond acceptors (Lipinski definition) is 2. The fourth-order valence-electron chi connectivity index (χ4n) is 2.43. The Bertz CT molecular complexity index is 344. The fourth-order valence-corrected chi connectivity index (χ4v) is 2.43. The van der Waals surface area contributed by atoms with E-state index in [1.807, 2.05) is 20.0 Å². The summed E-state index contributed by atoms with van der Waals surface area (Å²) in [6.07, 6.45) is 5.13. The van der Waals surface area contributed by atoms with Gasteiger partial charge in [0.05, 0.1) is 5.60 Å². The Hall–Kier alpha value is -0.890. The van der Waals surface area contributed by atoms with Crippen LogP contribution in [0, 0.1) is 5.92 Å². The molecule has 88 valence electrons. The van der Waals surface area contributed by atoms with Crippen molar-refractivity contribution in [3.8, 4) is 0 Å². The average Bonchev–Trinajstić information content (AvgIpc) is 2.12. The molecule has 0 unspecified atom stereocenters. The maximum absolute atomic E-state index is 9.71. The van der Waals surface area contributed by atoms with E-state index in [1.165, 1.54) is 18.5 Å². The summed E-state index contributed by atoms with van der Waals surface area (Å²) in [6, 6.07) is 4.22. The third kappa shape index (κ3) is 2.82. The first-order valence-corrected chi connectivity index (χ1v) is 6.11. The van der Waals surface area contributed by atoms with Gasteiger partial charge in [-0.05, 0) is 44.2 Å². The van der Waals surface area contributed by atoms with E-state index in [4.69, 9.17) is 0 Å². The summed E-state index contributed by atoms with van der Waals surface area (Å²) in [7, 11) is 0. The number of hydrogen-bond donors (Lipinski definition) is 1. The zero-order chi connectivity index (χ0) is 11.8. The van der Waals surface area contributed by atoms with E-state index in [-0.39, 0.29) is 0 Å². The van der Waals surface area contributed by atoms with Gasteiger partial charge in [0.15, 0.2) is 0 Å². The molecular formula is C14H21NO. The second-order valence-corrected chi connectivity index (χ2v) is 5.85. The molecule has 1 N–H and O–H groups in total. The molecule has 1 saturated carbocycles. The van der Waals surface area contributed by atoms with Gasteiger partial charge < -0.3 is 5.11 Å². The van der Waals surface area contributed by atoms with Crippen molar-refractivity contribution in [2.45, 2.75) is 51.6 Å². The first-order chi connectivity index (χ1) is 7.44. The van der Waals surface area contributed by atoms with E-state index in [0.29, 0.717) is 12.3 Å². The zero-order valence-corrected chi connectivity index (χ0v) is 10.4. The summed E-state index contributed by atoms with van der Waals surface area (Å²) < 4.78 is 0. The van der Waals surface area contributed by atoms with Crippen LogP contribution in [0.15, 0.2) is 18.3 Å². The van der Waals surface area contributed by atoms with Crippen molar-refractivity contribution < 1.29 is 5.11 Å². The van der Waals surface area contributed by atoms with Crippen LogP contribution in [0.3, 0.4) is 0 Å². The van der Waals surface area contributed by atoms with Crippen molar-refractivity contribution in [3.05, 3.63) is 29.6 Å². The summed E-state index contributed by atoms with van der Waals surface area (Å²) in [5.74, 6) is 1.54. The van der Waals surface area contributed by atoms with Gasteiger partial charge in [0.1, 0.15) is 0 Å². The Balaban J connectivity index is 2.00. The van der Waals surface area contributed by atoms with Gasteiger partial charge in [-0.25, -0.2) is 0 Å². The molecule has 2 rings (SSSR count). The van der Waals surface area contributed by atoms with Crippen LogP contribution < -0.4 is 0 Å². The topological polar surface area (TPSA) is 33.1 Å². The first kappa shape index (κ1) is 11.6. The highest BCUT2D eigenvalue weighted by Gasteiger charge is 2.27. The van der Waals surface area contributed by atoms with Crippen LogP contribution in [-0.2, 0) is 6.42 Å². The predicted octanol–water partition coefficient (Wildman–Crippen LogP) is 2.91. The molecule has 0 radical (unpaired) electrons. The smallest absolute Gasteiger partial charge is 0.0632 e. The predicted molar refractivity (Wildman–Crippen MR) is 65.4 cm³/mol. The van der Waals surface area contributed by atoms with Crippen LogP contribution in [0.5, 0.6) is 0 Å². The Morgan fingerprint density at radius 1 is 1.38 bits per heavy atom. The Morgan fingerprint density at radius 2 is 2.06 bits per heavy atom. The second-order valence-electron chi connectivity index (χ2n) is 5.85. The van der Waals surface area contributed by atoms with Gasteiger partial charge in [-0.1, -0.05) is 13.0 Å². The van der Waals surface area contributed by atoms with Crippen LogP contribution in [0.4, 0.5) is 0 Å². The van der Waals surface area contributed by atoms with Crippen LogP contribution in [0.1, 0.15) is 50.8 Å². The van der Waals surface area contributed by atoms with E-state index < -0.39 is 5.60 Å². The average molecular weight is 219 g/mol. The molecule has 2 nitrogen and oxygen atoms in total. The van der Waals surface area contributed by atoms with E-state index in [2.05, 4.69) is 24.0 Å². The minimum atomic E-state index is -0.645. The Labute approximate surface area is 97.7 Å². The summed E-state index contributed by atoms with van der Waals surface area (Å²) in [5, 5.41) is 9.71. The molecule has 2 heteroatoms. The highest BCUT2D eigenvalue weighted by atomic mass is 16.3. The molecule has 1 aromatic heterocycles. The Kier molecular flexibility index (Phi) is 3.02. The minimum Gasteiger partial charge on any atom is -0.390 e. The van der Waals surface area contributed by atoms with Crippen molar-refractivity contribution in [1.29, 1.82) is 0 Å². The van der Waals surface area contributed by atoms with Gasteiger partial charge in [-0.2, -0.15) is 0 Å². The molecule has 1 heterocycles. The van der Waals surface area contributed by atoms with Gasteiger partial charge in [0.25, 0.3) is 0 Å². The molecule has 1 aromatic rings. The van der Waals surface area contributed by atoms with E-state index in [1.54, 1.807) is 0 Å². The summed E-state index contributed by atoms with van der Waals surface area (Å²) >= 11 is 0. The lowest BCUT2D eigenvalue weighted by Crippen LogP contribution is -2.22. The number of aliphatic hydroxyl groups is 1. The van der Waals surface area contributed by atoms with Crippen molar-refractivity contribution in [1.82, 2.24) is 4.98 Å². The summed E-state index contributed by atoms with van der Waals surface area (Å²) in [4.78, 5) is 4.51. The normalized spacial score (nSPS) is 25.2. The minimum absolute atomic E-state index is 0.645. The first-order valence-electron chi connectivity index (χ1n) is 6.11.